The van der Waals surface area contributed by atoms with Gasteiger partial charge in [0.1, 0.15) is 17.3 Å². The zero-order valence-corrected chi connectivity index (χ0v) is 21.9. The van der Waals surface area contributed by atoms with Gasteiger partial charge in [-0.15, -0.1) is 0 Å². The van der Waals surface area contributed by atoms with Crippen molar-refractivity contribution in [3.63, 3.8) is 0 Å². The molecule has 1 aliphatic rings. The molecule has 4 rings (SSSR count). The van der Waals surface area contributed by atoms with Crippen molar-refractivity contribution in [2.24, 2.45) is 0 Å². The van der Waals surface area contributed by atoms with Gasteiger partial charge in [0.05, 0.1) is 44.7 Å². The minimum absolute atomic E-state index is 0.00983. The number of carbonyl (C=O) groups is 2. The first-order valence-electron chi connectivity index (χ1n) is 12.8. The fourth-order valence-corrected chi connectivity index (χ4v) is 4.50. The molecule has 0 spiro atoms. The quantitative estimate of drug-likeness (QED) is 0.138. The number of rotatable bonds is 12. The molecule has 0 saturated carbocycles. The Hall–Kier alpha value is -4.20. The van der Waals surface area contributed by atoms with E-state index < -0.39 is 17.7 Å². The molecular weight excluding hydrogens is 486 g/mol. The van der Waals surface area contributed by atoms with Crippen molar-refractivity contribution >= 4 is 17.4 Å². The SMILES string of the molecule is CCCCCOc1ccc(C2C(=C(O)c3ccc(OCC)cc3)C(=O)C(=O)N2Cc2ccco2)cc1OC. The maximum absolute atomic E-state index is 13.3. The summed E-state index contributed by atoms with van der Waals surface area (Å²) >= 11 is 0. The average Bonchev–Trinajstić information content (AvgIpc) is 3.54. The molecule has 2 heterocycles. The van der Waals surface area contributed by atoms with Gasteiger partial charge >= 0.3 is 0 Å². The van der Waals surface area contributed by atoms with E-state index in [9.17, 15) is 14.7 Å². The molecular formula is C30H33NO7. The van der Waals surface area contributed by atoms with Gasteiger partial charge in [-0.25, -0.2) is 0 Å². The Kier molecular flexibility index (Phi) is 8.73. The second-order valence-electron chi connectivity index (χ2n) is 8.93. The van der Waals surface area contributed by atoms with Crippen LogP contribution in [-0.2, 0) is 16.1 Å². The van der Waals surface area contributed by atoms with Crippen LogP contribution in [0.1, 0.15) is 56.0 Å². The Bertz CT molecular complexity index is 1280. The summed E-state index contributed by atoms with van der Waals surface area (Å²) in [5, 5.41) is 11.3. The number of methoxy groups -OCH3 is 1. The molecule has 0 aliphatic carbocycles. The number of aliphatic hydroxyl groups excluding tert-OH is 1. The van der Waals surface area contributed by atoms with E-state index in [1.807, 2.05) is 6.92 Å². The molecule has 1 fully saturated rings. The highest BCUT2D eigenvalue weighted by Crippen LogP contribution is 2.43. The third-order valence-electron chi connectivity index (χ3n) is 6.39. The summed E-state index contributed by atoms with van der Waals surface area (Å²) in [7, 11) is 1.54. The van der Waals surface area contributed by atoms with Crippen LogP contribution in [0, 0.1) is 0 Å². The molecule has 3 aromatic rings. The second kappa shape index (κ2) is 12.4. The van der Waals surface area contributed by atoms with E-state index in [2.05, 4.69) is 6.92 Å². The predicted molar refractivity (Wildman–Crippen MR) is 142 cm³/mol. The van der Waals surface area contributed by atoms with Crippen molar-refractivity contribution < 1.29 is 33.3 Å². The lowest BCUT2D eigenvalue weighted by atomic mass is 9.95. The average molecular weight is 520 g/mol. The summed E-state index contributed by atoms with van der Waals surface area (Å²) in [6.07, 6.45) is 4.58. The number of benzene rings is 2. The standard InChI is InChI=1S/C30H33NO7/c1-4-6-7-16-38-24-15-12-21(18-25(24)35-3)27-26(28(32)20-10-13-22(14-11-20)36-5-2)29(33)30(34)31(27)19-23-9-8-17-37-23/h8-15,17-18,27,32H,4-7,16,19H2,1-3H3. The third kappa shape index (κ3) is 5.69. The highest BCUT2D eigenvalue weighted by atomic mass is 16.5. The Balaban J connectivity index is 1.76. The first kappa shape index (κ1) is 26.9. The highest BCUT2D eigenvalue weighted by Gasteiger charge is 2.46. The zero-order valence-electron chi connectivity index (χ0n) is 21.9. The summed E-state index contributed by atoms with van der Waals surface area (Å²) < 4.78 is 22.5. The number of likely N-dealkylation sites (tertiary alicyclic amines) is 1. The van der Waals surface area contributed by atoms with Gasteiger partial charge in [-0.3, -0.25) is 9.59 Å². The number of ketones is 1. The Morgan fingerprint density at radius 3 is 2.45 bits per heavy atom. The first-order valence-corrected chi connectivity index (χ1v) is 12.8. The monoisotopic (exact) mass is 519 g/mol. The van der Waals surface area contributed by atoms with Crippen molar-refractivity contribution in [1.29, 1.82) is 0 Å². The molecule has 1 amide bonds. The van der Waals surface area contributed by atoms with Crippen LogP contribution >= 0.6 is 0 Å². The topological polar surface area (TPSA) is 98.4 Å². The number of hydrogen-bond donors (Lipinski definition) is 1. The van der Waals surface area contributed by atoms with Crippen LogP contribution in [0.3, 0.4) is 0 Å². The van der Waals surface area contributed by atoms with Crippen LogP contribution in [0.2, 0.25) is 0 Å². The molecule has 1 saturated heterocycles. The third-order valence-corrected chi connectivity index (χ3v) is 6.39. The molecule has 0 bridgehead atoms. The maximum Gasteiger partial charge on any atom is 0.296 e. The minimum atomic E-state index is -0.866. The fraction of sp³-hybridized carbons (Fsp3) is 0.333. The summed E-state index contributed by atoms with van der Waals surface area (Å²) in [6.45, 7) is 5.12. The molecule has 1 aromatic heterocycles. The van der Waals surface area contributed by atoms with Gasteiger partial charge in [-0.05, 0) is 67.4 Å². The summed E-state index contributed by atoms with van der Waals surface area (Å²) in [6, 6.07) is 14.6. The maximum atomic E-state index is 13.3. The number of amides is 1. The Morgan fingerprint density at radius 2 is 1.79 bits per heavy atom. The summed E-state index contributed by atoms with van der Waals surface area (Å²) in [4.78, 5) is 28.0. The number of ether oxygens (including phenoxy) is 3. The lowest BCUT2D eigenvalue weighted by molar-refractivity contribution is -0.140. The largest absolute Gasteiger partial charge is 0.507 e. The minimum Gasteiger partial charge on any atom is -0.507 e. The molecule has 38 heavy (non-hydrogen) atoms. The fourth-order valence-electron chi connectivity index (χ4n) is 4.50. The van der Waals surface area contributed by atoms with Gasteiger partial charge in [0.15, 0.2) is 11.5 Å². The van der Waals surface area contributed by atoms with Crippen LogP contribution in [-0.4, -0.2) is 42.0 Å². The zero-order chi connectivity index (χ0) is 27.1. The molecule has 1 unspecified atom stereocenters. The smallest absolute Gasteiger partial charge is 0.296 e. The van der Waals surface area contributed by atoms with Gasteiger partial charge < -0.3 is 28.6 Å². The van der Waals surface area contributed by atoms with Gasteiger partial charge in [0.2, 0.25) is 0 Å². The Morgan fingerprint density at radius 1 is 1.00 bits per heavy atom. The van der Waals surface area contributed by atoms with Crippen molar-refractivity contribution in [2.45, 2.75) is 45.7 Å². The molecule has 200 valence electrons. The highest BCUT2D eigenvalue weighted by molar-refractivity contribution is 6.46. The normalized spacial score (nSPS) is 16.6. The molecule has 8 nitrogen and oxygen atoms in total. The molecule has 2 aromatic carbocycles. The summed E-state index contributed by atoms with van der Waals surface area (Å²) in [5.74, 6) is 0.436. The van der Waals surface area contributed by atoms with Crippen molar-refractivity contribution in [2.75, 3.05) is 20.3 Å². The molecule has 0 radical (unpaired) electrons. The number of aliphatic hydroxyl groups is 1. The summed E-state index contributed by atoms with van der Waals surface area (Å²) in [5.41, 5.74) is 0.989. The number of furan rings is 1. The second-order valence-corrected chi connectivity index (χ2v) is 8.93. The van der Waals surface area contributed by atoms with Crippen molar-refractivity contribution in [1.82, 2.24) is 4.90 Å². The number of carbonyl (C=O) groups excluding carboxylic acids is 2. The number of Topliss-reactive ketones (excluding diaryl/α,β-unsaturated/α-hetero) is 1. The van der Waals surface area contributed by atoms with Gasteiger partial charge in [0, 0.05) is 5.56 Å². The molecule has 1 atom stereocenters. The van der Waals surface area contributed by atoms with Crippen LogP contribution in [0.5, 0.6) is 17.2 Å². The molecule has 1 N–H and O–H groups in total. The molecule has 8 heteroatoms. The van der Waals surface area contributed by atoms with Crippen LogP contribution in [0.25, 0.3) is 5.76 Å². The van der Waals surface area contributed by atoms with E-state index in [1.165, 1.54) is 18.3 Å². The van der Waals surface area contributed by atoms with Gasteiger partial charge in [-0.2, -0.15) is 0 Å². The van der Waals surface area contributed by atoms with E-state index in [4.69, 9.17) is 18.6 Å². The Labute approximate surface area is 222 Å². The lowest BCUT2D eigenvalue weighted by Gasteiger charge is -2.25. The number of nitrogens with zero attached hydrogens (tertiary/aromatic N) is 1. The van der Waals surface area contributed by atoms with E-state index >= 15 is 0 Å². The van der Waals surface area contributed by atoms with E-state index in [0.29, 0.717) is 47.3 Å². The predicted octanol–water partition coefficient (Wildman–Crippen LogP) is 5.88. The van der Waals surface area contributed by atoms with Gasteiger partial charge in [-0.1, -0.05) is 25.8 Å². The molecule has 1 aliphatic heterocycles. The van der Waals surface area contributed by atoms with Crippen molar-refractivity contribution in [3.8, 4) is 17.2 Å². The van der Waals surface area contributed by atoms with Crippen LogP contribution in [0.15, 0.2) is 70.9 Å². The van der Waals surface area contributed by atoms with Gasteiger partial charge in [0.25, 0.3) is 11.7 Å². The lowest BCUT2D eigenvalue weighted by Crippen LogP contribution is -2.29. The van der Waals surface area contributed by atoms with Crippen LogP contribution in [0.4, 0.5) is 0 Å². The van der Waals surface area contributed by atoms with Crippen molar-refractivity contribution in [3.05, 3.63) is 83.3 Å². The van der Waals surface area contributed by atoms with Crippen LogP contribution < -0.4 is 14.2 Å². The first-order chi connectivity index (χ1) is 18.5. The van der Waals surface area contributed by atoms with E-state index in [0.717, 1.165) is 19.3 Å². The van der Waals surface area contributed by atoms with E-state index in [-0.39, 0.29) is 17.9 Å². The van der Waals surface area contributed by atoms with E-state index in [1.54, 1.807) is 54.6 Å². The number of unbranched alkanes of at least 4 members (excludes halogenated alkanes) is 2. The number of hydrogen-bond acceptors (Lipinski definition) is 7.